The maximum atomic E-state index is 13.0. The summed E-state index contributed by atoms with van der Waals surface area (Å²) in [7, 11) is 0. The van der Waals surface area contributed by atoms with Crippen LogP contribution in [-0.4, -0.2) is 21.7 Å². The Morgan fingerprint density at radius 1 is 1.19 bits per heavy atom. The van der Waals surface area contributed by atoms with Gasteiger partial charge in [-0.05, 0) is 41.5 Å². The van der Waals surface area contributed by atoms with Crippen molar-refractivity contribution in [3.05, 3.63) is 82.0 Å². The summed E-state index contributed by atoms with van der Waals surface area (Å²) in [6.45, 7) is 0.750. The normalized spacial score (nSPS) is 18.0. The Bertz CT molecular complexity index is 951. The summed E-state index contributed by atoms with van der Waals surface area (Å²) in [5.74, 6) is 0.404. The van der Waals surface area contributed by atoms with E-state index in [2.05, 4.69) is 0 Å². The molecule has 130 valence electrons. The number of hydrogen-bond acceptors (Lipinski definition) is 4. The predicted molar refractivity (Wildman–Crippen MR) is 105 cm³/mol. The number of rotatable bonds is 3. The van der Waals surface area contributed by atoms with Crippen LogP contribution >= 0.6 is 24.0 Å². The lowest BCUT2D eigenvalue weighted by Crippen LogP contribution is -2.27. The lowest BCUT2D eigenvalue weighted by molar-refractivity contribution is -0.122. The van der Waals surface area contributed by atoms with Crippen LogP contribution in [-0.2, 0) is 11.3 Å². The zero-order valence-electron chi connectivity index (χ0n) is 13.6. The highest BCUT2D eigenvalue weighted by molar-refractivity contribution is 8.26. The van der Waals surface area contributed by atoms with Crippen LogP contribution in [0.2, 0.25) is 0 Å². The first-order valence-electron chi connectivity index (χ1n) is 8.02. The van der Waals surface area contributed by atoms with Gasteiger partial charge in [0.2, 0.25) is 0 Å². The van der Waals surface area contributed by atoms with Gasteiger partial charge < -0.3 is 4.74 Å². The van der Waals surface area contributed by atoms with Gasteiger partial charge in [-0.1, -0.05) is 54.3 Å². The maximum absolute atomic E-state index is 13.0. The quantitative estimate of drug-likeness (QED) is 0.575. The Balaban J connectivity index is 1.54. The molecular formula is C20H14FNO2S2. The van der Waals surface area contributed by atoms with E-state index >= 15 is 0 Å². The lowest BCUT2D eigenvalue weighted by Gasteiger charge is -2.16. The van der Waals surface area contributed by atoms with Gasteiger partial charge in [0.1, 0.15) is 22.5 Å². The van der Waals surface area contributed by atoms with Gasteiger partial charge in [0.25, 0.3) is 5.91 Å². The molecule has 0 N–H and O–H groups in total. The summed E-state index contributed by atoms with van der Waals surface area (Å²) in [5.41, 5.74) is 2.75. The van der Waals surface area contributed by atoms with Crippen molar-refractivity contribution >= 4 is 40.3 Å². The van der Waals surface area contributed by atoms with Crippen molar-refractivity contribution < 1.29 is 13.9 Å². The van der Waals surface area contributed by atoms with Crippen molar-refractivity contribution in [3.63, 3.8) is 0 Å². The molecule has 0 aromatic heterocycles. The van der Waals surface area contributed by atoms with Gasteiger partial charge in [0.05, 0.1) is 11.4 Å². The van der Waals surface area contributed by atoms with Gasteiger partial charge in [-0.25, -0.2) is 4.39 Å². The molecule has 6 heteroatoms. The molecule has 2 aromatic carbocycles. The highest BCUT2D eigenvalue weighted by Gasteiger charge is 2.32. The monoisotopic (exact) mass is 383 g/mol. The molecular weight excluding hydrogens is 369 g/mol. The number of halogens is 1. The molecule has 0 aliphatic carbocycles. The van der Waals surface area contributed by atoms with Crippen molar-refractivity contribution in [1.82, 2.24) is 4.90 Å². The Kier molecular flexibility index (Phi) is 4.61. The molecule has 0 radical (unpaired) electrons. The van der Waals surface area contributed by atoms with Crippen LogP contribution < -0.4 is 4.74 Å². The van der Waals surface area contributed by atoms with E-state index in [1.54, 1.807) is 12.1 Å². The zero-order chi connectivity index (χ0) is 18.1. The minimum absolute atomic E-state index is 0.135. The molecule has 0 unspecified atom stereocenters. The molecule has 2 aromatic rings. The Morgan fingerprint density at radius 2 is 1.96 bits per heavy atom. The molecule has 2 heterocycles. The SMILES string of the molecule is O=C1C(=CC2=Cc3ccccc3OC2)SC(=S)N1Cc1ccc(F)cc1. The third kappa shape index (κ3) is 3.43. The molecule has 1 amide bonds. The summed E-state index contributed by atoms with van der Waals surface area (Å²) in [6.07, 6.45) is 3.85. The number of thiocarbonyl (C=S) groups is 1. The average Bonchev–Trinajstić information content (AvgIpc) is 2.91. The minimum atomic E-state index is -0.302. The molecule has 0 bridgehead atoms. The summed E-state index contributed by atoms with van der Waals surface area (Å²) in [5, 5.41) is 0. The topological polar surface area (TPSA) is 29.5 Å². The third-order valence-corrected chi connectivity index (χ3v) is 5.48. The number of ether oxygens (including phenoxy) is 1. The van der Waals surface area contributed by atoms with E-state index in [9.17, 15) is 9.18 Å². The van der Waals surface area contributed by atoms with E-state index in [1.165, 1.54) is 28.8 Å². The fourth-order valence-electron chi connectivity index (χ4n) is 2.79. The van der Waals surface area contributed by atoms with Crippen LogP contribution in [0, 0.1) is 5.82 Å². The second-order valence-electron chi connectivity index (χ2n) is 5.94. The van der Waals surface area contributed by atoms with E-state index < -0.39 is 0 Å². The van der Waals surface area contributed by atoms with Crippen molar-refractivity contribution in [2.24, 2.45) is 0 Å². The second kappa shape index (κ2) is 7.05. The van der Waals surface area contributed by atoms with E-state index in [4.69, 9.17) is 17.0 Å². The number of nitrogens with zero attached hydrogens (tertiary/aromatic N) is 1. The van der Waals surface area contributed by atoms with Crippen LogP contribution in [0.25, 0.3) is 6.08 Å². The Hall–Kier alpha value is -2.44. The van der Waals surface area contributed by atoms with Gasteiger partial charge >= 0.3 is 0 Å². The molecule has 0 spiro atoms. The lowest BCUT2D eigenvalue weighted by atomic mass is 10.1. The molecule has 0 saturated carbocycles. The summed E-state index contributed by atoms with van der Waals surface area (Å²) in [4.78, 5) is 14.8. The number of thioether (sulfide) groups is 1. The maximum Gasteiger partial charge on any atom is 0.266 e. The molecule has 26 heavy (non-hydrogen) atoms. The van der Waals surface area contributed by atoms with Crippen molar-refractivity contribution in [2.45, 2.75) is 6.54 Å². The van der Waals surface area contributed by atoms with Gasteiger partial charge in [-0.3, -0.25) is 9.69 Å². The second-order valence-corrected chi connectivity index (χ2v) is 7.62. The van der Waals surface area contributed by atoms with E-state index in [0.717, 1.165) is 22.4 Å². The number of amides is 1. The fourth-order valence-corrected chi connectivity index (χ4v) is 4.06. The predicted octanol–water partition coefficient (Wildman–Crippen LogP) is 4.55. The summed E-state index contributed by atoms with van der Waals surface area (Å²) >= 11 is 6.63. The number of carbonyl (C=O) groups is 1. The third-order valence-electron chi connectivity index (χ3n) is 4.10. The Morgan fingerprint density at radius 3 is 2.77 bits per heavy atom. The molecule has 1 fully saturated rings. The largest absolute Gasteiger partial charge is 0.488 e. The highest BCUT2D eigenvalue weighted by atomic mass is 32.2. The van der Waals surface area contributed by atoms with Crippen LogP contribution in [0.5, 0.6) is 5.75 Å². The Labute approximate surface area is 160 Å². The molecule has 2 aliphatic heterocycles. The molecule has 3 nitrogen and oxygen atoms in total. The standard InChI is InChI=1S/C20H14FNO2S2/c21-16-7-5-13(6-8-16)11-22-19(23)18(26-20(22)25)10-14-9-15-3-1-2-4-17(15)24-12-14/h1-10H,11-12H2. The van der Waals surface area contributed by atoms with Gasteiger partial charge in [-0.2, -0.15) is 0 Å². The summed E-state index contributed by atoms with van der Waals surface area (Å²) in [6, 6.07) is 13.8. The first-order chi connectivity index (χ1) is 12.6. The number of para-hydroxylation sites is 1. The van der Waals surface area contributed by atoms with Crippen LogP contribution in [0.1, 0.15) is 11.1 Å². The van der Waals surface area contributed by atoms with Gasteiger partial charge in [0, 0.05) is 5.56 Å². The number of benzene rings is 2. The fraction of sp³-hybridized carbons (Fsp3) is 0.100. The first-order valence-corrected chi connectivity index (χ1v) is 9.25. The van der Waals surface area contributed by atoms with E-state index in [0.29, 0.717) is 22.4 Å². The average molecular weight is 383 g/mol. The minimum Gasteiger partial charge on any atom is -0.488 e. The number of carbonyl (C=O) groups excluding carboxylic acids is 1. The van der Waals surface area contributed by atoms with Crippen LogP contribution in [0.3, 0.4) is 0 Å². The summed E-state index contributed by atoms with van der Waals surface area (Å²) < 4.78 is 19.3. The van der Waals surface area contributed by atoms with Crippen LogP contribution in [0.15, 0.2) is 65.1 Å². The number of hydrogen-bond donors (Lipinski definition) is 0. The van der Waals surface area contributed by atoms with E-state index in [1.807, 2.05) is 36.4 Å². The first kappa shape index (κ1) is 17.0. The smallest absolute Gasteiger partial charge is 0.266 e. The van der Waals surface area contributed by atoms with Gasteiger partial charge in [-0.15, -0.1) is 0 Å². The molecule has 4 rings (SSSR count). The van der Waals surface area contributed by atoms with E-state index in [-0.39, 0.29) is 11.7 Å². The number of fused-ring (bicyclic) bond motifs is 1. The highest BCUT2D eigenvalue weighted by Crippen LogP contribution is 2.34. The molecule has 0 atom stereocenters. The van der Waals surface area contributed by atoms with Crippen LogP contribution in [0.4, 0.5) is 4.39 Å². The van der Waals surface area contributed by atoms with Crippen molar-refractivity contribution in [2.75, 3.05) is 6.61 Å². The van der Waals surface area contributed by atoms with Gasteiger partial charge in [0.15, 0.2) is 0 Å². The molecule has 1 saturated heterocycles. The zero-order valence-corrected chi connectivity index (χ0v) is 15.3. The van der Waals surface area contributed by atoms with Crippen molar-refractivity contribution in [1.29, 1.82) is 0 Å². The molecule has 2 aliphatic rings. The van der Waals surface area contributed by atoms with Crippen molar-refractivity contribution in [3.8, 4) is 5.75 Å².